The summed E-state index contributed by atoms with van der Waals surface area (Å²) in [5.74, 6) is -1.38. The van der Waals surface area contributed by atoms with E-state index in [1.165, 1.54) is 0 Å². The van der Waals surface area contributed by atoms with Gasteiger partial charge in [-0.05, 0) is 51.5 Å². The Morgan fingerprint density at radius 1 is 1.17 bits per heavy atom. The normalized spacial score (nSPS) is 13.6. The molecule has 1 rings (SSSR count). The molecule has 0 heterocycles. The Hall–Kier alpha value is -1.88. The molecule has 1 aromatic rings. The minimum absolute atomic E-state index is 0.0235. The lowest BCUT2D eigenvalue weighted by molar-refractivity contribution is -0.141. The maximum atomic E-state index is 12.1. The predicted octanol–water partition coefficient (Wildman–Crippen LogP) is 2.12. The third kappa shape index (κ3) is 6.82. The van der Waals surface area contributed by atoms with E-state index in [1.54, 1.807) is 6.92 Å². The average Bonchev–Trinajstić information content (AvgIpc) is 2.51. The maximum Gasteiger partial charge on any atom is 0.306 e. The number of aliphatic carboxylic acids is 1. The molecule has 0 radical (unpaired) electrons. The van der Waals surface area contributed by atoms with Crippen LogP contribution in [0.3, 0.4) is 0 Å². The molecule has 0 spiro atoms. The summed E-state index contributed by atoms with van der Waals surface area (Å²) in [5, 5.41) is 11.9. The summed E-state index contributed by atoms with van der Waals surface area (Å²) in [6.45, 7) is 5.21. The van der Waals surface area contributed by atoms with Crippen molar-refractivity contribution in [1.29, 1.82) is 0 Å². The van der Waals surface area contributed by atoms with Crippen molar-refractivity contribution < 1.29 is 14.7 Å². The lowest BCUT2D eigenvalue weighted by Crippen LogP contribution is -2.30. The first-order chi connectivity index (χ1) is 10.8. The van der Waals surface area contributed by atoms with E-state index >= 15 is 0 Å². The van der Waals surface area contributed by atoms with Crippen LogP contribution in [0.4, 0.5) is 0 Å². The first-order valence-electron chi connectivity index (χ1n) is 8.05. The number of amides is 1. The number of carbonyl (C=O) groups is 2. The van der Waals surface area contributed by atoms with Gasteiger partial charge in [0.1, 0.15) is 0 Å². The highest BCUT2D eigenvalue weighted by molar-refractivity contribution is 5.83. The van der Waals surface area contributed by atoms with Gasteiger partial charge < -0.3 is 15.3 Å². The molecule has 1 amide bonds. The van der Waals surface area contributed by atoms with Crippen LogP contribution in [0.2, 0.25) is 0 Å². The number of carboxylic acid groups (broad SMARTS) is 1. The first-order valence-corrected chi connectivity index (χ1v) is 8.05. The van der Waals surface area contributed by atoms with Crippen LogP contribution < -0.4 is 5.32 Å². The van der Waals surface area contributed by atoms with Crippen molar-refractivity contribution in [3.8, 4) is 0 Å². The molecule has 5 heteroatoms. The molecule has 0 saturated carbocycles. The number of hydrogen-bond acceptors (Lipinski definition) is 3. The topological polar surface area (TPSA) is 69.6 Å². The molecule has 23 heavy (non-hydrogen) atoms. The van der Waals surface area contributed by atoms with E-state index in [0.717, 1.165) is 24.1 Å². The van der Waals surface area contributed by atoms with E-state index in [-0.39, 0.29) is 11.8 Å². The van der Waals surface area contributed by atoms with Crippen LogP contribution in [0, 0.1) is 5.92 Å². The Kier molecular flexibility index (Phi) is 7.75. The molecule has 0 aliphatic rings. The number of benzene rings is 1. The third-order valence-corrected chi connectivity index (χ3v) is 3.92. The molecule has 0 bridgehead atoms. The summed E-state index contributed by atoms with van der Waals surface area (Å²) in [4.78, 5) is 25.1. The van der Waals surface area contributed by atoms with E-state index in [1.807, 2.05) is 45.3 Å². The quantitative estimate of drug-likeness (QED) is 0.684. The van der Waals surface area contributed by atoms with E-state index in [0.29, 0.717) is 13.0 Å². The highest BCUT2D eigenvalue weighted by Gasteiger charge is 2.16. The van der Waals surface area contributed by atoms with Gasteiger partial charge in [-0.25, -0.2) is 0 Å². The zero-order valence-electron chi connectivity index (χ0n) is 14.5. The van der Waals surface area contributed by atoms with Gasteiger partial charge in [0.05, 0.1) is 11.8 Å². The monoisotopic (exact) mass is 320 g/mol. The number of hydrogen-bond donors (Lipinski definition) is 2. The number of carboxylic acids is 1. The maximum absolute atomic E-state index is 12.1. The molecule has 1 aromatic carbocycles. The summed E-state index contributed by atoms with van der Waals surface area (Å²) in [6, 6.07) is 7.64. The first kappa shape index (κ1) is 19.2. The van der Waals surface area contributed by atoms with Crippen LogP contribution in [0.1, 0.15) is 37.3 Å². The number of rotatable bonds is 9. The molecule has 0 aliphatic heterocycles. The van der Waals surface area contributed by atoms with Crippen LogP contribution >= 0.6 is 0 Å². The Morgan fingerprint density at radius 2 is 1.78 bits per heavy atom. The molecule has 2 unspecified atom stereocenters. The molecule has 128 valence electrons. The second-order valence-electron chi connectivity index (χ2n) is 6.35. The molecule has 2 atom stereocenters. The lowest BCUT2D eigenvalue weighted by Gasteiger charge is -2.14. The van der Waals surface area contributed by atoms with E-state index in [2.05, 4.69) is 10.2 Å². The van der Waals surface area contributed by atoms with Crippen molar-refractivity contribution >= 4 is 11.9 Å². The number of carbonyl (C=O) groups excluding carboxylic acids is 1. The molecule has 5 nitrogen and oxygen atoms in total. The molecule has 0 fully saturated rings. The van der Waals surface area contributed by atoms with Crippen molar-refractivity contribution in [2.24, 2.45) is 5.92 Å². The Bertz CT molecular complexity index is 512. The van der Waals surface area contributed by atoms with Gasteiger partial charge >= 0.3 is 5.97 Å². The van der Waals surface area contributed by atoms with Gasteiger partial charge in [-0.15, -0.1) is 0 Å². The minimum atomic E-state index is -0.792. The highest BCUT2D eigenvalue weighted by Crippen LogP contribution is 2.18. The van der Waals surface area contributed by atoms with Gasteiger partial charge in [0.2, 0.25) is 5.91 Å². The van der Waals surface area contributed by atoms with E-state index in [4.69, 9.17) is 5.11 Å². The molecule has 2 N–H and O–H groups in total. The summed E-state index contributed by atoms with van der Waals surface area (Å²) in [6.07, 6.45) is 1.43. The van der Waals surface area contributed by atoms with Crippen molar-refractivity contribution in [3.05, 3.63) is 35.4 Å². The lowest BCUT2D eigenvalue weighted by atomic mass is 9.96. The van der Waals surface area contributed by atoms with Crippen molar-refractivity contribution in [2.45, 2.75) is 32.6 Å². The number of nitrogens with zero attached hydrogens (tertiary/aromatic N) is 1. The van der Waals surface area contributed by atoms with Crippen LogP contribution in [0.5, 0.6) is 0 Å². The molecular formula is C18H28N2O3. The third-order valence-electron chi connectivity index (χ3n) is 3.92. The second-order valence-corrected chi connectivity index (χ2v) is 6.35. The van der Waals surface area contributed by atoms with Crippen molar-refractivity contribution in [1.82, 2.24) is 10.2 Å². The fourth-order valence-corrected chi connectivity index (χ4v) is 2.29. The fourth-order valence-electron chi connectivity index (χ4n) is 2.29. The van der Waals surface area contributed by atoms with Gasteiger partial charge in [-0.1, -0.05) is 31.2 Å². The largest absolute Gasteiger partial charge is 0.481 e. The van der Waals surface area contributed by atoms with Crippen LogP contribution in [0.15, 0.2) is 24.3 Å². The SMILES string of the molecule is CC(Cc1ccc(C(C)C(=O)NCCCN(C)C)cc1)C(=O)O. The smallest absolute Gasteiger partial charge is 0.306 e. The van der Waals surface area contributed by atoms with Gasteiger partial charge in [-0.3, -0.25) is 9.59 Å². The molecular weight excluding hydrogens is 292 g/mol. The van der Waals surface area contributed by atoms with Gasteiger partial charge in [0.25, 0.3) is 0 Å². The molecule has 0 saturated heterocycles. The van der Waals surface area contributed by atoms with E-state index < -0.39 is 11.9 Å². The summed E-state index contributed by atoms with van der Waals surface area (Å²) in [7, 11) is 4.02. The van der Waals surface area contributed by atoms with Crippen molar-refractivity contribution in [3.63, 3.8) is 0 Å². The summed E-state index contributed by atoms with van der Waals surface area (Å²) in [5.41, 5.74) is 1.92. The Morgan fingerprint density at radius 3 is 2.30 bits per heavy atom. The highest BCUT2D eigenvalue weighted by atomic mass is 16.4. The van der Waals surface area contributed by atoms with E-state index in [9.17, 15) is 9.59 Å². The summed E-state index contributed by atoms with van der Waals surface area (Å²) >= 11 is 0. The Balaban J connectivity index is 2.51. The van der Waals surface area contributed by atoms with Gasteiger partial charge in [0.15, 0.2) is 0 Å². The van der Waals surface area contributed by atoms with Crippen molar-refractivity contribution in [2.75, 3.05) is 27.2 Å². The van der Waals surface area contributed by atoms with Crippen LogP contribution in [-0.2, 0) is 16.0 Å². The predicted molar refractivity (Wildman–Crippen MR) is 91.5 cm³/mol. The average molecular weight is 320 g/mol. The van der Waals surface area contributed by atoms with Crippen LogP contribution in [-0.4, -0.2) is 49.1 Å². The molecule has 0 aliphatic carbocycles. The zero-order chi connectivity index (χ0) is 17.4. The Labute approximate surface area is 138 Å². The molecule has 0 aromatic heterocycles. The van der Waals surface area contributed by atoms with Gasteiger partial charge in [-0.2, -0.15) is 0 Å². The summed E-state index contributed by atoms with van der Waals surface area (Å²) < 4.78 is 0. The van der Waals surface area contributed by atoms with Crippen LogP contribution in [0.25, 0.3) is 0 Å². The standard InChI is InChI=1S/C18H28N2O3/c1-13(18(22)23)12-15-6-8-16(9-7-15)14(2)17(21)19-10-5-11-20(3)4/h6-9,13-14H,5,10-12H2,1-4H3,(H,19,21)(H,22,23). The number of nitrogens with one attached hydrogen (secondary N) is 1. The zero-order valence-corrected chi connectivity index (χ0v) is 14.5. The fraction of sp³-hybridized carbons (Fsp3) is 0.556. The minimum Gasteiger partial charge on any atom is -0.481 e. The van der Waals surface area contributed by atoms with Gasteiger partial charge in [0, 0.05) is 6.54 Å². The second kappa shape index (κ2) is 9.30.